The molecule has 0 N–H and O–H groups in total. The predicted molar refractivity (Wildman–Crippen MR) is 64.7 cm³/mol. The molecule has 88 valence electrons. The maximum Gasteiger partial charge on any atom is 0.181 e. The first-order chi connectivity index (χ1) is 7.49. The largest absolute Gasteiger partial charge is 0.352 e. The molecule has 1 aliphatic rings. The Hall–Kier alpha value is -0.570. The highest BCUT2D eigenvalue weighted by atomic mass is 35.5. The van der Waals surface area contributed by atoms with Crippen LogP contribution < -0.4 is 0 Å². The molecule has 1 aromatic rings. The summed E-state index contributed by atoms with van der Waals surface area (Å²) in [5.74, 6) is -0.242. The maximum atomic E-state index is 5.88. The molecule has 1 aromatic carbocycles. The Morgan fingerprint density at radius 3 is 1.94 bits per heavy atom. The molecule has 2 nitrogen and oxygen atoms in total. The lowest BCUT2D eigenvalue weighted by atomic mass is 10.0. The molecule has 2 rings (SSSR count). The molecule has 0 bridgehead atoms. The van der Waals surface area contributed by atoms with E-state index < -0.39 is 5.79 Å². The SMILES string of the molecule is COC1(OC)[C@@H](c2ccc(Cl)cc2)C1(C)C. The number of hydrogen-bond acceptors (Lipinski definition) is 2. The van der Waals surface area contributed by atoms with E-state index in [0.29, 0.717) is 0 Å². The predicted octanol–water partition coefficient (Wildman–Crippen LogP) is 3.45. The van der Waals surface area contributed by atoms with Crippen LogP contribution in [0.5, 0.6) is 0 Å². The van der Waals surface area contributed by atoms with Crippen molar-refractivity contribution in [3.05, 3.63) is 34.9 Å². The third-order valence-corrected chi connectivity index (χ3v) is 3.98. The zero-order valence-corrected chi connectivity index (χ0v) is 10.8. The molecule has 0 aromatic heterocycles. The van der Waals surface area contributed by atoms with Crippen LogP contribution in [-0.2, 0) is 9.47 Å². The molecule has 0 spiro atoms. The highest BCUT2D eigenvalue weighted by Gasteiger charge is 2.74. The van der Waals surface area contributed by atoms with Gasteiger partial charge in [0.25, 0.3) is 0 Å². The van der Waals surface area contributed by atoms with Crippen molar-refractivity contribution in [1.29, 1.82) is 0 Å². The Balaban J connectivity index is 2.34. The summed E-state index contributed by atoms with van der Waals surface area (Å²) in [5.41, 5.74) is 1.20. The van der Waals surface area contributed by atoms with Crippen LogP contribution in [0.1, 0.15) is 25.3 Å². The minimum atomic E-state index is -0.499. The molecule has 1 atom stereocenters. The van der Waals surface area contributed by atoms with E-state index in [1.54, 1.807) is 14.2 Å². The molecule has 16 heavy (non-hydrogen) atoms. The van der Waals surface area contributed by atoms with E-state index in [4.69, 9.17) is 21.1 Å². The number of hydrogen-bond donors (Lipinski definition) is 0. The summed E-state index contributed by atoms with van der Waals surface area (Å²) >= 11 is 5.88. The second-order valence-electron chi connectivity index (χ2n) is 4.78. The average Bonchev–Trinajstić information content (AvgIpc) is 2.77. The topological polar surface area (TPSA) is 18.5 Å². The summed E-state index contributed by atoms with van der Waals surface area (Å²) in [7, 11) is 3.39. The number of methoxy groups -OCH3 is 2. The van der Waals surface area contributed by atoms with Gasteiger partial charge in [0.2, 0.25) is 0 Å². The molecule has 0 saturated heterocycles. The van der Waals surface area contributed by atoms with E-state index >= 15 is 0 Å². The Morgan fingerprint density at radius 1 is 1.06 bits per heavy atom. The van der Waals surface area contributed by atoms with E-state index in [1.165, 1.54) is 5.56 Å². The first-order valence-corrected chi connectivity index (χ1v) is 5.73. The van der Waals surface area contributed by atoms with Crippen LogP contribution in [0.4, 0.5) is 0 Å². The van der Waals surface area contributed by atoms with Crippen molar-refractivity contribution < 1.29 is 9.47 Å². The lowest BCUT2D eigenvalue weighted by molar-refractivity contribution is -0.154. The van der Waals surface area contributed by atoms with Gasteiger partial charge in [0.15, 0.2) is 5.79 Å². The van der Waals surface area contributed by atoms with Gasteiger partial charge in [-0.05, 0) is 17.7 Å². The smallest absolute Gasteiger partial charge is 0.181 e. The van der Waals surface area contributed by atoms with Crippen LogP contribution in [-0.4, -0.2) is 20.0 Å². The maximum absolute atomic E-state index is 5.88. The van der Waals surface area contributed by atoms with Crippen molar-refractivity contribution >= 4 is 11.6 Å². The van der Waals surface area contributed by atoms with Gasteiger partial charge in [-0.3, -0.25) is 0 Å². The first kappa shape index (κ1) is 11.9. The molecule has 0 radical (unpaired) electrons. The Labute approximate surface area is 102 Å². The molecule has 1 fully saturated rings. The van der Waals surface area contributed by atoms with Gasteiger partial charge in [0, 0.05) is 30.6 Å². The number of halogens is 1. The van der Waals surface area contributed by atoms with E-state index in [0.717, 1.165) is 5.02 Å². The second-order valence-corrected chi connectivity index (χ2v) is 5.22. The first-order valence-electron chi connectivity index (χ1n) is 5.35. The van der Waals surface area contributed by atoms with Gasteiger partial charge >= 0.3 is 0 Å². The van der Waals surface area contributed by atoms with Gasteiger partial charge in [-0.15, -0.1) is 0 Å². The van der Waals surface area contributed by atoms with Gasteiger partial charge < -0.3 is 9.47 Å². The van der Waals surface area contributed by atoms with Crippen molar-refractivity contribution in [2.24, 2.45) is 5.41 Å². The second kappa shape index (κ2) is 3.73. The van der Waals surface area contributed by atoms with Crippen LogP contribution in [0.25, 0.3) is 0 Å². The van der Waals surface area contributed by atoms with E-state index in [-0.39, 0.29) is 11.3 Å². The number of benzene rings is 1. The van der Waals surface area contributed by atoms with Crippen LogP contribution in [0.15, 0.2) is 24.3 Å². The van der Waals surface area contributed by atoms with Crippen molar-refractivity contribution in [3.8, 4) is 0 Å². The summed E-state index contributed by atoms with van der Waals surface area (Å²) in [5, 5.41) is 0.752. The molecular formula is C13H17ClO2. The molecular weight excluding hydrogens is 224 g/mol. The summed E-state index contributed by atoms with van der Waals surface area (Å²) in [6, 6.07) is 7.88. The fourth-order valence-electron chi connectivity index (χ4n) is 2.82. The molecule has 0 amide bonds. The zero-order valence-electron chi connectivity index (χ0n) is 10.1. The summed E-state index contributed by atoms with van der Waals surface area (Å²) in [4.78, 5) is 0. The quantitative estimate of drug-likeness (QED) is 0.754. The van der Waals surface area contributed by atoms with Crippen molar-refractivity contribution in [1.82, 2.24) is 0 Å². The van der Waals surface area contributed by atoms with Gasteiger partial charge in [0.1, 0.15) is 0 Å². The monoisotopic (exact) mass is 240 g/mol. The Kier molecular flexibility index (Phi) is 2.77. The van der Waals surface area contributed by atoms with E-state index in [9.17, 15) is 0 Å². The fraction of sp³-hybridized carbons (Fsp3) is 0.538. The third-order valence-electron chi connectivity index (χ3n) is 3.73. The zero-order chi connectivity index (χ0) is 12.0. The average molecular weight is 241 g/mol. The highest BCUT2D eigenvalue weighted by Crippen LogP contribution is 2.69. The summed E-state index contributed by atoms with van der Waals surface area (Å²) < 4.78 is 11.1. The standard InChI is InChI=1S/C13H17ClO2/c1-12(2)11(13(12,15-3)16-4)9-5-7-10(14)8-6-9/h5-8,11H,1-4H3/t11-/m0/s1. The summed E-state index contributed by atoms with van der Waals surface area (Å²) in [6.07, 6.45) is 0. The van der Waals surface area contributed by atoms with Crippen LogP contribution >= 0.6 is 11.6 Å². The lowest BCUT2D eigenvalue weighted by Crippen LogP contribution is -2.22. The number of ether oxygens (including phenoxy) is 2. The summed E-state index contributed by atoms with van der Waals surface area (Å²) in [6.45, 7) is 4.30. The van der Waals surface area contributed by atoms with Gasteiger partial charge in [-0.1, -0.05) is 37.6 Å². The minimum absolute atomic E-state index is 0.00959. The van der Waals surface area contributed by atoms with Gasteiger partial charge in [-0.2, -0.15) is 0 Å². The van der Waals surface area contributed by atoms with Gasteiger partial charge in [0.05, 0.1) is 0 Å². The molecule has 1 saturated carbocycles. The number of rotatable bonds is 3. The molecule has 1 aliphatic carbocycles. The Morgan fingerprint density at radius 2 is 1.56 bits per heavy atom. The highest BCUT2D eigenvalue weighted by molar-refractivity contribution is 6.30. The molecule has 0 heterocycles. The van der Waals surface area contributed by atoms with E-state index in [2.05, 4.69) is 13.8 Å². The van der Waals surface area contributed by atoms with Crippen LogP contribution in [0.3, 0.4) is 0 Å². The Bertz CT molecular complexity index is 379. The van der Waals surface area contributed by atoms with Gasteiger partial charge in [-0.25, -0.2) is 0 Å². The normalized spacial score (nSPS) is 25.4. The lowest BCUT2D eigenvalue weighted by Gasteiger charge is -2.16. The fourth-order valence-corrected chi connectivity index (χ4v) is 2.95. The van der Waals surface area contributed by atoms with E-state index in [1.807, 2.05) is 24.3 Å². The molecule has 0 unspecified atom stereocenters. The van der Waals surface area contributed by atoms with Crippen LogP contribution in [0, 0.1) is 5.41 Å². The van der Waals surface area contributed by atoms with Crippen molar-refractivity contribution in [2.45, 2.75) is 25.6 Å². The van der Waals surface area contributed by atoms with Crippen LogP contribution in [0.2, 0.25) is 5.02 Å². The third kappa shape index (κ3) is 1.41. The molecule has 3 heteroatoms. The molecule has 0 aliphatic heterocycles. The van der Waals surface area contributed by atoms with Crippen molar-refractivity contribution in [2.75, 3.05) is 14.2 Å². The minimum Gasteiger partial charge on any atom is -0.352 e. The van der Waals surface area contributed by atoms with Crippen molar-refractivity contribution in [3.63, 3.8) is 0 Å².